The van der Waals surface area contributed by atoms with E-state index in [4.69, 9.17) is 10.5 Å². The van der Waals surface area contributed by atoms with Crippen molar-refractivity contribution in [2.75, 3.05) is 18.1 Å². The van der Waals surface area contributed by atoms with Gasteiger partial charge < -0.3 is 20.7 Å². The summed E-state index contributed by atoms with van der Waals surface area (Å²) in [5.74, 6) is -0.426. The van der Waals surface area contributed by atoms with Crippen LogP contribution in [-0.4, -0.2) is 31.2 Å². The van der Waals surface area contributed by atoms with Crippen molar-refractivity contribution in [3.05, 3.63) is 51.7 Å². The number of anilines is 1. The van der Waals surface area contributed by atoms with Crippen LogP contribution in [0.25, 0.3) is 0 Å². The van der Waals surface area contributed by atoms with Crippen molar-refractivity contribution in [1.29, 1.82) is 0 Å². The van der Waals surface area contributed by atoms with Gasteiger partial charge in [0, 0.05) is 12.5 Å². The van der Waals surface area contributed by atoms with Crippen LogP contribution in [0.1, 0.15) is 11.1 Å². The van der Waals surface area contributed by atoms with Crippen LogP contribution in [0.3, 0.4) is 0 Å². The first kappa shape index (κ1) is 20.1. The van der Waals surface area contributed by atoms with Gasteiger partial charge in [-0.25, -0.2) is 13.6 Å². The summed E-state index contributed by atoms with van der Waals surface area (Å²) in [6.07, 6.45) is 0.181. The molecule has 0 unspecified atom stereocenters. The Labute approximate surface area is 168 Å². The Hall–Kier alpha value is -2.68. The third kappa shape index (κ3) is 3.94. The molecule has 2 aromatic rings. The van der Waals surface area contributed by atoms with Crippen molar-refractivity contribution in [2.24, 2.45) is 5.73 Å². The van der Waals surface area contributed by atoms with E-state index < -0.39 is 30.5 Å². The van der Waals surface area contributed by atoms with E-state index in [9.17, 15) is 18.4 Å². The molecule has 0 saturated heterocycles. The van der Waals surface area contributed by atoms with Crippen molar-refractivity contribution in [3.8, 4) is 11.5 Å². The lowest BCUT2D eigenvalue weighted by atomic mass is 9.94. The van der Waals surface area contributed by atoms with Gasteiger partial charge in [0.05, 0.1) is 16.7 Å². The first-order valence-electron chi connectivity index (χ1n) is 8.50. The molecular weight excluding hydrogens is 436 g/mol. The topological polar surface area (TPSA) is 84.7 Å². The summed E-state index contributed by atoms with van der Waals surface area (Å²) in [4.78, 5) is 25.3. The van der Waals surface area contributed by atoms with Crippen molar-refractivity contribution in [1.82, 2.24) is 5.32 Å². The highest BCUT2D eigenvalue weighted by Crippen LogP contribution is 2.43. The number of aryl methyl sites for hydroxylation is 1. The number of ether oxygens (including phenoxy) is 1. The molecule has 28 heavy (non-hydrogen) atoms. The van der Waals surface area contributed by atoms with Gasteiger partial charge in [-0.1, -0.05) is 12.1 Å². The lowest BCUT2D eigenvalue weighted by Crippen LogP contribution is -2.54. The summed E-state index contributed by atoms with van der Waals surface area (Å²) in [5, 5.41) is 2.39. The van der Waals surface area contributed by atoms with Crippen LogP contribution in [0, 0.1) is 12.7 Å². The Morgan fingerprint density at radius 1 is 1.39 bits per heavy atom. The van der Waals surface area contributed by atoms with E-state index in [1.165, 1.54) is 23.1 Å². The van der Waals surface area contributed by atoms with E-state index >= 15 is 0 Å². The average molecular weight is 454 g/mol. The molecule has 1 heterocycles. The second-order valence-electron chi connectivity index (χ2n) is 6.34. The normalized spacial score (nSPS) is 15.9. The molecule has 9 heteroatoms. The predicted octanol–water partition coefficient (Wildman–Crippen LogP) is 3.58. The Morgan fingerprint density at radius 3 is 2.82 bits per heavy atom. The largest absolute Gasteiger partial charge is 0.454 e. The SMILES string of the molecule is Cc1ccc2c(c1Oc1cc(F)ccc1Br)N(CCF)C(=O)[C@H](NC(N)=O)C2. The first-order chi connectivity index (χ1) is 13.3. The van der Waals surface area contributed by atoms with Crippen LogP contribution in [0.15, 0.2) is 34.8 Å². The number of carbonyl (C=O) groups excluding carboxylic acids is 2. The van der Waals surface area contributed by atoms with Gasteiger partial charge in [-0.15, -0.1) is 0 Å². The van der Waals surface area contributed by atoms with E-state index in [1.807, 2.05) is 0 Å². The summed E-state index contributed by atoms with van der Waals surface area (Å²) in [7, 11) is 0. The number of nitrogens with zero attached hydrogens (tertiary/aromatic N) is 1. The molecule has 1 aliphatic rings. The zero-order valence-corrected chi connectivity index (χ0v) is 16.6. The van der Waals surface area contributed by atoms with Gasteiger partial charge in [0.15, 0.2) is 5.75 Å². The van der Waals surface area contributed by atoms with Crippen molar-refractivity contribution >= 4 is 33.6 Å². The lowest BCUT2D eigenvalue weighted by Gasteiger charge is -2.35. The number of primary amides is 1. The van der Waals surface area contributed by atoms with Gasteiger partial charge in [-0.2, -0.15) is 0 Å². The summed E-state index contributed by atoms with van der Waals surface area (Å²) >= 11 is 3.31. The minimum atomic E-state index is -0.895. The van der Waals surface area contributed by atoms with E-state index in [0.29, 0.717) is 27.0 Å². The highest BCUT2D eigenvalue weighted by molar-refractivity contribution is 9.10. The number of nitrogens with two attached hydrogens (primary N) is 1. The third-order valence-electron chi connectivity index (χ3n) is 4.40. The van der Waals surface area contributed by atoms with Crippen LogP contribution >= 0.6 is 15.9 Å². The molecule has 6 nitrogen and oxygen atoms in total. The van der Waals surface area contributed by atoms with Crippen molar-refractivity contribution in [3.63, 3.8) is 0 Å². The second kappa shape index (κ2) is 8.14. The first-order valence-corrected chi connectivity index (χ1v) is 9.29. The Bertz CT molecular complexity index is 939. The van der Waals surface area contributed by atoms with Crippen LogP contribution in [0.2, 0.25) is 0 Å². The number of nitrogens with one attached hydrogen (secondary N) is 1. The van der Waals surface area contributed by atoms with Crippen molar-refractivity contribution in [2.45, 2.75) is 19.4 Å². The summed E-state index contributed by atoms with van der Waals surface area (Å²) in [5.41, 5.74) is 6.92. The average Bonchev–Trinajstić information content (AvgIpc) is 2.63. The van der Waals surface area contributed by atoms with Gasteiger partial charge in [-0.3, -0.25) is 4.79 Å². The fourth-order valence-corrected chi connectivity index (χ4v) is 3.49. The molecular formula is C19H18BrF2N3O3. The molecule has 1 aliphatic heterocycles. The number of fused-ring (bicyclic) bond motifs is 1. The standard InChI is InChI=1S/C19H18BrF2N3O3/c1-10-2-3-11-8-14(24-19(23)27)18(26)25(7-6-21)16(11)17(10)28-15-9-12(22)4-5-13(15)20/h2-5,9,14H,6-8H2,1H3,(H3,23,24,27)/t14-/m1/s1. The van der Waals surface area contributed by atoms with Crippen LogP contribution in [0.4, 0.5) is 19.3 Å². The molecule has 3 amide bonds. The fourth-order valence-electron chi connectivity index (χ4n) is 3.16. The number of carbonyl (C=O) groups is 2. The minimum absolute atomic E-state index is 0.181. The monoisotopic (exact) mass is 453 g/mol. The minimum Gasteiger partial charge on any atom is -0.454 e. The molecule has 3 N–H and O–H groups in total. The molecule has 0 spiro atoms. The highest BCUT2D eigenvalue weighted by atomic mass is 79.9. The predicted molar refractivity (Wildman–Crippen MR) is 104 cm³/mol. The molecule has 0 radical (unpaired) electrons. The van der Waals surface area contributed by atoms with Gasteiger partial charge in [0.25, 0.3) is 0 Å². The summed E-state index contributed by atoms with van der Waals surface area (Å²) in [6, 6.07) is 5.83. The molecule has 0 fully saturated rings. The molecule has 2 aromatic carbocycles. The second-order valence-corrected chi connectivity index (χ2v) is 7.19. The van der Waals surface area contributed by atoms with Gasteiger partial charge in [0.1, 0.15) is 24.3 Å². The van der Waals surface area contributed by atoms with Gasteiger partial charge in [0.2, 0.25) is 5.91 Å². The van der Waals surface area contributed by atoms with E-state index in [-0.39, 0.29) is 18.7 Å². The number of amides is 3. The number of rotatable bonds is 5. The maximum absolute atomic E-state index is 13.7. The molecule has 0 saturated carbocycles. The molecule has 0 aromatic heterocycles. The lowest BCUT2D eigenvalue weighted by molar-refractivity contribution is -0.120. The Kier molecular flexibility index (Phi) is 5.83. The highest BCUT2D eigenvalue weighted by Gasteiger charge is 2.36. The van der Waals surface area contributed by atoms with Crippen molar-refractivity contribution < 1.29 is 23.1 Å². The molecule has 0 aliphatic carbocycles. The number of urea groups is 1. The van der Waals surface area contributed by atoms with E-state index in [2.05, 4.69) is 21.2 Å². The van der Waals surface area contributed by atoms with E-state index in [0.717, 1.165) is 0 Å². The summed E-state index contributed by atoms with van der Waals surface area (Å²) < 4.78 is 33.3. The van der Waals surface area contributed by atoms with Crippen LogP contribution in [-0.2, 0) is 11.2 Å². The summed E-state index contributed by atoms with van der Waals surface area (Å²) in [6.45, 7) is 0.771. The molecule has 3 rings (SSSR count). The molecule has 0 bridgehead atoms. The molecule has 148 valence electrons. The number of benzene rings is 2. The van der Waals surface area contributed by atoms with Crippen LogP contribution < -0.4 is 20.7 Å². The maximum Gasteiger partial charge on any atom is 0.312 e. The quantitative estimate of drug-likeness (QED) is 0.725. The number of halogens is 3. The fraction of sp³-hybridized carbons (Fsp3) is 0.263. The Balaban J connectivity index is 2.10. The zero-order chi connectivity index (χ0) is 20.4. The molecule has 1 atom stereocenters. The number of alkyl halides is 1. The van der Waals surface area contributed by atoms with Gasteiger partial charge in [-0.05, 0) is 46.1 Å². The maximum atomic E-state index is 13.7. The number of hydrogen-bond donors (Lipinski definition) is 2. The zero-order valence-electron chi connectivity index (χ0n) is 15.0. The smallest absolute Gasteiger partial charge is 0.312 e. The van der Waals surface area contributed by atoms with Gasteiger partial charge >= 0.3 is 6.03 Å². The number of hydrogen-bond acceptors (Lipinski definition) is 3. The Morgan fingerprint density at radius 2 is 2.14 bits per heavy atom. The third-order valence-corrected chi connectivity index (χ3v) is 5.05. The van der Waals surface area contributed by atoms with E-state index in [1.54, 1.807) is 19.1 Å². The van der Waals surface area contributed by atoms with Crippen LogP contribution in [0.5, 0.6) is 11.5 Å².